The molecule has 1 atom stereocenters. The summed E-state index contributed by atoms with van der Waals surface area (Å²) in [5, 5.41) is 3.97. The Morgan fingerprint density at radius 2 is 1.79 bits per heavy atom. The zero-order chi connectivity index (χ0) is 20.4. The van der Waals surface area contributed by atoms with Crippen molar-refractivity contribution >= 4 is 22.6 Å². The minimum atomic E-state index is -0.358. The zero-order valence-electron chi connectivity index (χ0n) is 16.3. The van der Waals surface area contributed by atoms with Gasteiger partial charge in [0.1, 0.15) is 5.82 Å². The Bertz CT molecular complexity index is 1020. The number of carbonyl (C=O) groups excluding carboxylic acids is 2. The molecule has 0 spiro atoms. The van der Waals surface area contributed by atoms with Crippen LogP contribution in [-0.2, 0) is 0 Å². The van der Waals surface area contributed by atoms with E-state index in [1.54, 1.807) is 6.20 Å². The van der Waals surface area contributed by atoms with E-state index in [0.29, 0.717) is 5.56 Å². The number of rotatable bonds is 5. The standard InChI is InChI=1S/C23H24FN3O2/c1-15(22(28)20-14-25-21-5-3-2-4-19(20)21)27-12-10-18(11-13-27)26-23(29)16-6-8-17(24)9-7-16/h2-9,14-15,18,25H,10-13H2,1H3,(H,26,29). The topological polar surface area (TPSA) is 65.2 Å². The van der Waals surface area contributed by atoms with Crippen LogP contribution in [0.5, 0.6) is 0 Å². The van der Waals surface area contributed by atoms with E-state index >= 15 is 0 Å². The Labute approximate surface area is 168 Å². The number of carbonyl (C=O) groups is 2. The maximum Gasteiger partial charge on any atom is 0.251 e. The van der Waals surface area contributed by atoms with Gasteiger partial charge in [0.05, 0.1) is 6.04 Å². The summed E-state index contributed by atoms with van der Waals surface area (Å²) in [5.74, 6) is -0.439. The molecule has 0 aliphatic carbocycles. The molecule has 2 aromatic carbocycles. The van der Waals surface area contributed by atoms with Gasteiger partial charge in [-0.3, -0.25) is 14.5 Å². The number of aromatic nitrogens is 1. The quantitative estimate of drug-likeness (QED) is 0.649. The first kappa shape index (κ1) is 19.3. The molecule has 1 amide bonds. The molecule has 1 unspecified atom stereocenters. The predicted molar refractivity (Wildman–Crippen MR) is 111 cm³/mol. The van der Waals surface area contributed by atoms with Crippen LogP contribution < -0.4 is 5.32 Å². The van der Waals surface area contributed by atoms with E-state index in [9.17, 15) is 14.0 Å². The van der Waals surface area contributed by atoms with Gasteiger partial charge in [-0.25, -0.2) is 4.39 Å². The number of hydrogen-bond acceptors (Lipinski definition) is 3. The summed E-state index contributed by atoms with van der Waals surface area (Å²) in [6.07, 6.45) is 3.34. The van der Waals surface area contributed by atoms with Crippen LogP contribution in [0.4, 0.5) is 4.39 Å². The minimum absolute atomic E-state index is 0.0548. The number of nitrogens with one attached hydrogen (secondary N) is 2. The second-order valence-corrected chi connectivity index (χ2v) is 7.58. The summed E-state index contributed by atoms with van der Waals surface area (Å²) in [5.41, 5.74) is 2.14. The Hall–Kier alpha value is -2.99. The van der Waals surface area contributed by atoms with Gasteiger partial charge in [0.25, 0.3) is 5.91 Å². The maximum absolute atomic E-state index is 13.0. The monoisotopic (exact) mass is 393 g/mol. The molecule has 0 bridgehead atoms. The van der Waals surface area contributed by atoms with Gasteiger partial charge in [0, 0.05) is 47.4 Å². The number of likely N-dealkylation sites (tertiary alicyclic amines) is 1. The van der Waals surface area contributed by atoms with E-state index < -0.39 is 0 Å². The van der Waals surface area contributed by atoms with Crippen LogP contribution in [0.15, 0.2) is 54.7 Å². The average Bonchev–Trinajstić information content (AvgIpc) is 3.18. The van der Waals surface area contributed by atoms with Gasteiger partial charge in [-0.05, 0) is 50.1 Å². The number of hydrogen-bond donors (Lipinski definition) is 2. The SMILES string of the molecule is CC(C(=O)c1c[nH]c2ccccc12)N1CCC(NC(=O)c2ccc(F)cc2)CC1. The van der Waals surface area contributed by atoms with Crippen LogP contribution >= 0.6 is 0 Å². The summed E-state index contributed by atoms with van der Waals surface area (Å²) in [7, 11) is 0. The molecule has 4 rings (SSSR count). The molecule has 29 heavy (non-hydrogen) atoms. The van der Waals surface area contributed by atoms with Crippen molar-refractivity contribution in [2.75, 3.05) is 13.1 Å². The second-order valence-electron chi connectivity index (χ2n) is 7.58. The van der Waals surface area contributed by atoms with Gasteiger partial charge in [-0.1, -0.05) is 18.2 Å². The molecule has 6 heteroatoms. The maximum atomic E-state index is 13.0. The van der Waals surface area contributed by atoms with Crippen molar-refractivity contribution in [3.8, 4) is 0 Å². The first-order valence-corrected chi connectivity index (χ1v) is 9.94. The highest BCUT2D eigenvalue weighted by Crippen LogP contribution is 2.22. The third-order valence-corrected chi connectivity index (χ3v) is 5.75. The number of nitrogens with zero attached hydrogens (tertiary/aromatic N) is 1. The number of halogens is 1. The predicted octanol–water partition coefficient (Wildman–Crippen LogP) is 3.77. The lowest BCUT2D eigenvalue weighted by atomic mass is 9.98. The summed E-state index contributed by atoms with van der Waals surface area (Å²) in [6.45, 7) is 3.43. The third kappa shape index (κ3) is 4.07. The highest BCUT2D eigenvalue weighted by atomic mass is 19.1. The molecule has 1 fully saturated rings. The summed E-state index contributed by atoms with van der Waals surface area (Å²) >= 11 is 0. The van der Waals surface area contributed by atoms with Crippen LogP contribution in [0.2, 0.25) is 0 Å². The van der Waals surface area contributed by atoms with Crippen molar-refractivity contribution < 1.29 is 14.0 Å². The highest BCUT2D eigenvalue weighted by molar-refractivity contribution is 6.10. The number of H-pyrrole nitrogens is 1. The number of Topliss-reactive ketones (excluding diaryl/α,β-unsaturated/α-hetero) is 1. The van der Waals surface area contributed by atoms with Crippen LogP contribution in [-0.4, -0.2) is 46.7 Å². The lowest BCUT2D eigenvalue weighted by Crippen LogP contribution is -2.49. The average molecular weight is 393 g/mol. The van der Waals surface area contributed by atoms with Crippen LogP contribution in [0.3, 0.4) is 0 Å². The number of ketones is 1. The van der Waals surface area contributed by atoms with Gasteiger partial charge in [0.2, 0.25) is 0 Å². The fraction of sp³-hybridized carbons (Fsp3) is 0.304. The molecule has 1 aliphatic heterocycles. The van der Waals surface area contributed by atoms with Gasteiger partial charge in [0.15, 0.2) is 5.78 Å². The lowest BCUT2D eigenvalue weighted by Gasteiger charge is -2.35. The van der Waals surface area contributed by atoms with Gasteiger partial charge >= 0.3 is 0 Å². The zero-order valence-corrected chi connectivity index (χ0v) is 16.3. The lowest BCUT2D eigenvalue weighted by molar-refractivity contribution is 0.0763. The molecular formula is C23H24FN3O2. The van der Waals surface area contributed by atoms with Gasteiger partial charge in [-0.2, -0.15) is 0 Å². The number of amides is 1. The molecule has 0 saturated carbocycles. The first-order valence-electron chi connectivity index (χ1n) is 9.94. The Morgan fingerprint density at radius 3 is 2.52 bits per heavy atom. The molecule has 3 aromatic rings. The molecule has 0 radical (unpaired) electrons. The first-order chi connectivity index (χ1) is 14.0. The van der Waals surface area contributed by atoms with E-state index in [0.717, 1.165) is 42.4 Å². The summed E-state index contributed by atoms with van der Waals surface area (Å²) in [4.78, 5) is 30.7. The van der Waals surface area contributed by atoms with Crippen LogP contribution in [0.1, 0.15) is 40.5 Å². The fourth-order valence-corrected chi connectivity index (χ4v) is 3.97. The summed E-state index contributed by atoms with van der Waals surface area (Å²) < 4.78 is 13.0. The van der Waals surface area contributed by atoms with E-state index in [1.165, 1.54) is 24.3 Å². The molecule has 1 saturated heterocycles. The van der Waals surface area contributed by atoms with E-state index in [1.807, 2.05) is 31.2 Å². The van der Waals surface area contributed by atoms with Crippen molar-refractivity contribution in [1.82, 2.24) is 15.2 Å². The van der Waals surface area contributed by atoms with E-state index in [2.05, 4.69) is 15.2 Å². The highest BCUT2D eigenvalue weighted by Gasteiger charge is 2.29. The fourth-order valence-electron chi connectivity index (χ4n) is 3.97. The number of para-hydroxylation sites is 1. The molecule has 5 nitrogen and oxygen atoms in total. The molecule has 150 valence electrons. The van der Waals surface area contributed by atoms with Crippen molar-refractivity contribution in [2.45, 2.75) is 31.8 Å². The van der Waals surface area contributed by atoms with Crippen molar-refractivity contribution in [3.63, 3.8) is 0 Å². The molecule has 2 N–H and O–H groups in total. The van der Waals surface area contributed by atoms with Gasteiger partial charge in [-0.15, -0.1) is 0 Å². The van der Waals surface area contributed by atoms with Crippen molar-refractivity contribution in [3.05, 3.63) is 71.7 Å². The van der Waals surface area contributed by atoms with E-state index in [-0.39, 0.29) is 29.6 Å². The smallest absolute Gasteiger partial charge is 0.251 e. The number of aromatic amines is 1. The minimum Gasteiger partial charge on any atom is -0.360 e. The Kier molecular flexibility index (Phi) is 5.45. The number of fused-ring (bicyclic) bond motifs is 1. The van der Waals surface area contributed by atoms with E-state index in [4.69, 9.17) is 0 Å². The van der Waals surface area contributed by atoms with Crippen LogP contribution in [0.25, 0.3) is 10.9 Å². The van der Waals surface area contributed by atoms with Crippen molar-refractivity contribution in [2.24, 2.45) is 0 Å². The number of piperidine rings is 1. The van der Waals surface area contributed by atoms with Crippen molar-refractivity contribution in [1.29, 1.82) is 0 Å². The third-order valence-electron chi connectivity index (χ3n) is 5.75. The molecule has 1 aliphatic rings. The Balaban J connectivity index is 1.34. The molecule has 1 aromatic heterocycles. The van der Waals surface area contributed by atoms with Gasteiger partial charge < -0.3 is 10.3 Å². The molecular weight excluding hydrogens is 369 g/mol. The normalized spacial score (nSPS) is 16.6. The summed E-state index contributed by atoms with van der Waals surface area (Å²) in [6, 6.07) is 13.2. The molecule has 2 heterocycles. The number of benzene rings is 2. The van der Waals surface area contributed by atoms with Crippen LogP contribution in [0, 0.1) is 5.82 Å². The second kappa shape index (κ2) is 8.17. The largest absolute Gasteiger partial charge is 0.360 e. The Morgan fingerprint density at radius 1 is 1.10 bits per heavy atom.